The molecule has 0 spiro atoms. The lowest BCUT2D eigenvalue weighted by molar-refractivity contribution is 0.0903. The van der Waals surface area contributed by atoms with Crippen molar-refractivity contribution in [1.82, 2.24) is 14.7 Å². The molecule has 120 valence electrons. The van der Waals surface area contributed by atoms with Gasteiger partial charge in [0.05, 0.1) is 12.6 Å². The molecule has 2 N–H and O–H groups in total. The third-order valence-electron chi connectivity index (χ3n) is 3.17. The van der Waals surface area contributed by atoms with Crippen LogP contribution in [0, 0.1) is 5.92 Å². The van der Waals surface area contributed by atoms with Gasteiger partial charge in [-0.3, -0.25) is 14.0 Å². The summed E-state index contributed by atoms with van der Waals surface area (Å²) in [5.74, 6) is -0.154. The second-order valence-corrected chi connectivity index (χ2v) is 7.01. The molecule has 0 radical (unpaired) electrons. The van der Waals surface area contributed by atoms with Crippen LogP contribution in [0.3, 0.4) is 0 Å². The highest BCUT2D eigenvalue weighted by atomic mass is 32.2. The normalized spacial score (nSPS) is 12.8. The molecule has 6 nitrogen and oxygen atoms in total. The van der Waals surface area contributed by atoms with E-state index in [0.717, 1.165) is 0 Å². The Morgan fingerprint density at radius 3 is 2.86 bits per heavy atom. The van der Waals surface area contributed by atoms with Crippen LogP contribution in [-0.4, -0.2) is 39.3 Å². The van der Waals surface area contributed by atoms with Crippen LogP contribution < -0.4 is 10.9 Å². The third-order valence-corrected chi connectivity index (χ3v) is 4.60. The number of fused-ring (bicyclic) bond motifs is 1. The van der Waals surface area contributed by atoms with Crippen LogP contribution in [0.5, 0.6) is 0 Å². The highest BCUT2D eigenvalue weighted by Crippen LogP contribution is 2.18. The molecule has 0 aliphatic rings. The van der Waals surface area contributed by atoms with Gasteiger partial charge in [-0.1, -0.05) is 13.8 Å². The van der Waals surface area contributed by atoms with E-state index in [1.165, 1.54) is 27.5 Å². The van der Waals surface area contributed by atoms with Gasteiger partial charge in [-0.2, -0.15) is 0 Å². The predicted octanol–water partition coefficient (Wildman–Crippen LogP) is 1.61. The van der Waals surface area contributed by atoms with E-state index >= 15 is 0 Å². The third kappa shape index (κ3) is 3.50. The number of aliphatic hydroxyl groups is 1. The first-order chi connectivity index (χ1) is 10.5. The van der Waals surface area contributed by atoms with E-state index in [9.17, 15) is 14.7 Å². The maximum atomic E-state index is 12.5. The summed E-state index contributed by atoms with van der Waals surface area (Å²) in [6.07, 6.45) is 4.03. The van der Waals surface area contributed by atoms with Crippen molar-refractivity contribution in [3.8, 4) is 0 Å². The summed E-state index contributed by atoms with van der Waals surface area (Å²) < 4.78 is 1.37. The molecular weight excluding hydrogens is 322 g/mol. The Bertz CT molecular complexity index is 724. The fraction of sp³-hybridized carbons (Fsp3) is 0.500. The molecule has 0 aromatic carbocycles. The summed E-state index contributed by atoms with van der Waals surface area (Å²) >= 11 is 2.61. The number of aromatic nitrogens is 2. The average molecular weight is 341 g/mol. The summed E-state index contributed by atoms with van der Waals surface area (Å²) in [4.78, 5) is 29.9. The number of rotatable bonds is 6. The van der Waals surface area contributed by atoms with E-state index in [-0.39, 0.29) is 23.8 Å². The molecule has 1 unspecified atom stereocenters. The number of carbonyl (C=O) groups is 1. The van der Waals surface area contributed by atoms with Crippen molar-refractivity contribution in [3.63, 3.8) is 0 Å². The molecule has 0 bridgehead atoms. The number of thiazole rings is 1. The number of thioether (sulfide) groups is 1. The zero-order valence-corrected chi connectivity index (χ0v) is 14.3. The lowest BCUT2D eigenvalue weighted by atomic mass is 10.0. The Kier molecular flexibility index (Phi) is 5.60. The zero-order valence-electron chi connectivity index (χ0n) is 12.7. The molecule has 0 saturated heterocycles. The van der Waals surface area contributed by atoms with Crippen molar-refractivity contribution in [3.05, 3.63) is 27.5 Å². The number of carbonyl (C=O) groups excluding carboxylic acids is 1. The topological polar surface area (TPSA) is 83.7 Å². The van der Waals surface area contributed by atoms with Crippen molar-refractivity contribution in [2.45, 2.75) is 31.3 Å². The Labute approximate surface area is 136 Å². The quantitative estimate of drug-likeness (QED) is 0.616. The monoisotopic (exact) mass is 341 g/mol. The molecule has 2 aromatic rings. The predicted molar refractivity (Wildman–Crippen MR) is 88.9 cm³/mol. The highest BCUT2D eigenvalue weighted by Gasteiger charge is 2.22. The van der Waals surface area contributed by atoms with Crippen LogP contribution >= 0.6 is 23.1 Å². The smallest absolute Gasteiger partial charge is 0.272 e. The SMILES string of the molecule is CSc1nc2sccn2c(=O)c1C(=O)NC(CO)CC(C)C. The molecule has 0 saturated carbocycles. The first kappa shape index (κ1) is 17.0. The first-order valence-electron chi connectivity index (χ1n) is 6.93. The summed E-state index contributed by atoms with van der Waals surface area (Å²) in [7, 11) is 0. The second kappa shape index (κ2) is 7.26. The molecule has 1 atom stereocenters. The summed E-state index contributed by atoms with van der Waals surface area (Å²) in [6, 6.07) is -0.371. The lowest BCUT2D eigenvalue weighted by Gasteiger charge is -2.18. The van der Waals surface area contributed by atoms with Crippen LogP contribution in [0.4, 0.5) is 0 Å². The van der Waals surface area contributed by atoms with Crippen molar-refractivity contribution < 1.29 is 9.90 Å². The highest BCUT2D eigenvalue weighted by molar-refractivity contribution is 7.98. The number of amides is 1. The van der Waals surface area contributed by atoms with Gasteiger partial charge < -0.3 is 10.4 Å². The van der Waals surface area contributed by atoms with Gasteiger partial charge in [0.25, 0.3) is 11.5 Å². The molecular formula is C14H19N3O3S2. The van der Waals surface area contributed by atoms with Crippen molar-refractivity contribution in [2.24, 2.45) is 5.92 Å². The van der Waals surface area contributed by atoms with E-state index in [2.05, 4.69) is 10.3 Å². The van der Waals surface area contributed by atoms with E-state index in [4.69, 9.17) is 0 Å². The van der Waals surface area contributed by atoms with Crippen LogP contribution in [-0.2, 0) is 0 Å². The lowest BCUT2D eigenvalue weighted by Crippen LogP contribution is -2.41. The number of nitrogens with zero attached hydrogens (tertiary/aromatic N) is 2. The van der Waals surface area contributed by atoms with Crippen LogP contribution in [0.15, 0.2) is 21.4 Å². The summed E-state index contributed by atoms with van der Waals surface area (Å²) in [6.45, 7) is 3.86. The Balaban J connectivity index is 2.38. The molecule has 1 amide bonds. The van der Waals surface area contributed by atoms with Gasteiger partial charge in [0.2, 0.25) is 0 Å². The van der Waals surface area contributed by atoms with Crippen LogP contribution in [0.2, 0.25) is 0 Å². The van der Waals surface area contributed by atoms with E-state index in [1.807, 2.05) is 13.8 Å². The molecule has 0 aliphatic carbocycles. The maximum Gasteiger partial charge on any atom is 0.272 e. The van der Waals surface area contributed by atoms with Gasteiger partial charge in [-0.05, 0) is 18.6 Å². The zero-order chi connectivity index (χ0) is 16.3. The van der Waals surface area contributed by atoms with E-state index < -0.39 is 5.91 Å². The maximum absolute atomic E-state index is 12.5. The van der Waals surface area contributed by atoms with Gasteiger partial charge in [0, 0.05) is 11.6 Å². The number of hydrogen-bond acceptors (Lipinski definition) is 6. The van der Waals surface area contributed by atoms with E-state index in [1.54, 1.807) is 17.8 Å². The van der Waals surface area contributed by atoms with Gasteiger partial charge in [-0.15, -0.1) is 23.1 Å². The van der Waals surface area contributed by atoms with Gasteiger partial charge in [-0.25, -0.2) is 4.98 Å². The molecule has 0 aliphatic heterocycles. The van der Waals surface area contributed by atoms with Gasteiger partial charge in [0.1, 0.15) is 10.6 Å². The fourth-order valence-electron chi connectivity index (χ4n) is 2.21. The molecule has 2 heterocycles. The number of nitrogens with one attached hydrogen (secondary N) is 1. The summed E-state index contributed by atoms with van der Waals surface area (Å²) in [5, 5.41) is 14.3. The minimum atomic E-state index is -0.484. The Morgan fingerprint density at radius 1 is 1.55 bits per heavy atom. The molecule has 0 fully saturated rings. The molecule has 8 heteroatoms. The van der Waals surface area contributed by atoms with Gasteiger partial charge in [0.15, 0.2) is 4.96 Å². The van der Waals surface area contributed by atoms with Crippen molar-refractivity contribution >= 4 is 34.0 Å². The number of aliphatic hydroxyl groups excluding tert-OH is 1. The van der Waals surface area contributed by atoms with Crippen molar-refractivity contribution in [2.75, 3.05) is 12.9 Å². The Hall–Kier alpha value is -1.38. The Morgan fingerprint density at radius 2 is 2.27 bits per heavy atom. The minimum absolute atomic E-state index is 0.0330. The second-order valence-electron chi connectivity index (χ2n) is 5.34. The van der Waals surface area contributed by atoms with Gasteiger partial charge >= 0.3 is 0 Å². The first-order valence-corrected chi connectivity index (χ1v) is 9.04. The average Bonchev–Trinajstić information content (AvgIpc) is 2.94. The minimum Gasteiger partial charge on any atom is -0.394 e. The molecule has 2 rings (SSSR count). The van der Waals surface area contributed by atoms with E-state index in [0.29, 0.717) is 22.3 Å². The fourth-order valence-corrected chi connectivity index (χ4v) is 3.54. The molecule has 2 aromatic heterocycles. The van der Waals surface area contributed by atoms with Crippen molar-refractivity contribution in [1.29, 1.82) is 0 Å². The molecule has 22 heavy (non-hydrogen) atoms. The standard InChI is InChI=1S/C14H19N3O3S2/c1-8(2)6-9(7-18)15-11(19)10-12(21-3)16-14-17(13(10)20)4-5-22-14/h4-5,8-9,18H,6-7H2,1-3H3,(H,15,19). The van der Waals surface area contributed by atoms with Crippen LogP contribution in [0.1, 0.15) is 30.6 Å². The number of hydrogen-bond donors (Lipinski definition) is 2. The van der Waals surface area contributed by atoms with Crippen LogP contribution in [0.25, 0.3) is 4.96 Å². The largest absolute Gasteiger partial charge is 0.394 e. The summed E-state index contributed by atoms with van der Waals surface area (Å²) in [5.41, 5.74) is -0.347.